The first-order chi connectivity index (χ1) is 14.1. The molecule has 1 saturated heterocycles. The van der Waals surface area contributed by atoms with E-state index in [2.05, 4.69) is 17.3 Å². The first kappa shape index (κ1) is 21.8. The molecule has 1 aliphatic carbocycles. The number of amides is 2. The van der Waals surface area contributed by atoms with Crippen LogP contribution in [-0.2, 0) is 4.79 Å². The molecule has 5 nitrogen and oxygen atoms in total. The van der Waals surface area contributed by atoms with Gasteiger partial charge in [0.2, 0.25) is 5.91 Å². The number of likely N-dealkylation sites (tertiary alicyclic amines) is 1. The minimum Gasteiger partial charge on any atom is -0.355 e. The Labute approximate surface area is 175 Å². The van der Waals surface area contributed by atoms with Gasteiger partial charge in [0.15, 0.2) is 0 Å². The summed E-state index contributed by atoms with van der Waals surface area (Å²) in [4.78, 5) is 29.1. The zero-order valence-electron chi connectivity index (χ0n) is 17.9. The third-order valence-electron chi connectivity index (χ3n) is 6.69. The Morgan fingerprint density at radius 3 is 2.41 bits per heavy atom. The fraction of sp³-hybridized carbons (Fsp3) is 0.667. The summed E-state index contributed by atoms with van der Waals surface area (Å²) in [6.07, 6.45) is 10.2. The molecule has 2 aliphatic rings. The Hall–Kier alpha value is -1.88. The Morgan fingerprint density at radius 2 is 1.72 bits per heavy atom. The van der Waals surface area contributed by atoms with Crippen LogP contribution >= 0.6 is 0 Å². The third-order valence-corrected chi connectivity index (χ3v) is 6.69. The number of carbonyl (C=O) groups excluding carboxylic acids is 2. The van der Waals surface area contributed by atoms with Gasteiger partial charge in [0, 0.05) is 44.2 Å². The van der Waals surface area contributed by atoms with Crippen molar-refractivity contribution in [2.24, 2.45) is 5.92 Å². The highest BCUT2D eigenvalue weighted by molar-refractivity contribution is 5.94. The van der Waals surface area contributed by atoms with Gasteiger partial charge in [-0.2, -0.15) is 0 Å². The SMILES string of the molecule is CN(CCNC(=O)CCC1CCN(C(=O)c2ccccc2)CC1)C1CCCCC1. The summed E-state index contributed by atoms with van der Waals surface area (Å²) in [6.45, 7) is 3.28. The van der Waals surface area contributed by atoms with Crippen LogP contribution in [0.1, 0.15) is 68.1 Å². The van der Waals surface area contributed by atoms with E-state index in [-0.39, 0.29) is 11.8 Å². The fourth-order valence-electron chi connectivity index (χ4n) is 4.69. The normalized spacial score (nSPS) is 18.8. The van der Waals surface area contributed by atoms with Gasteiger partial charge in [-0.3, -0.25) is 9.59 Å². The summed E-state index contributed by atoms with van der Waals surface area (Å²) in [5, 5.41) is 3.10. The molecule has 0 radical (unpaired) electrons. The van der Waals surface area contributed by atoms with Gasteiger partial charge in [-0.15, -0.1) is 0 Å². The lowest BCUT2D eigenvalue weighted by Crippen LogP contribution is -2.40. The summed E-state index contributed by atoms with van der Waals surface area (Å²) in [6, 6.07) is 10.2. The molecule has 2 amide bonds. The smallest absolute Gasteiger partial charge is 0.253 e. The van der Waals surface area contributed by atoms with Crippen LogP contribution in [-0.4, -0.2) is 60.9 Å². The van der Waals surface area contributed by atoms with Crippen LogP contribution in [0, 0.1) is 5.92 Å². The molecular formula is C24H37N3O2. The van der Waals surface area contributed by atoms with Crippen LogP contribution in [0.2, 0.25) is 0 Å². The molecule has 3 rings (SSSR count). The van der Waals surface area contributed by atoms with E-state index >= 15 is 0 Å². The van der Waals surface area contributed by atoms with Gasteiger partial charge in [0.25, 0.3) is 5.91 Å². The third kappa shape index (κ3) is 6.84. The van der Waals surface area contributed by atoms with E-state index in [1.54, 1.807) is 0 Å². The monoisotopic (exact) mass is 399 g/mol. The second-order valence-electron chi connectivity index (χ2n) is 8.76. The van der Waals surface area contributed by atoms with Crippen molar-refractivity contribution in [2.75, 3.05) is 33.2 Å². The number of rotatable bonds is 8. The summed E-state index contributed by atoms with van der Waals surface area (Å²) < 4.78 is 0. The van der Waals surface area contributed by atoms with Crippen molar-refractivity contribution >= 4 is 11.8 Å². The molecule has 0 aromatic heterocycles. The van der Waals surface area contributed by atoms with E-state index in [0.29, 0.717) is 18.4 Å². The van der Waals surface area contributed by atoms with Crippen LogP contribution in [0.3, 0.4) is 0 Å². The predicted molar refractivity (Wildman–Crippen MR) is 117 cm³/mol. The highest BCUT2D eigenvalue weighted by Gasteiger charge is 2.24. The van der Waals surface area contributed by atoms with Crippen molar-refractivity contribution in [3.63, 3.8) is 0 Å². The molecule has 1 heterocycles. The van der Waals surface area contributed by atoms with Crippen molar-refractivity contribution < 1.29 is 9.59 Å². The number of benzene rings is 1. The number of hydrogen-bond acceptors (Lipinski definition) is 3. The Morgan fingerprint density at radius 1 is 1.03 bits per heavy atom. The Kier molecular flexibility index (Phi) is 8.53. The van der Waals surface area contributed by atoms with E-state index in [4.69, 9.17) is 0 Å². The van der Waals surface area contributed by atoms with Gasteiger partial charge < -0.3 is 15.1 Å². The van der Waals surface area contributed by atoms with Gasteiger partial charge in [-0.05, 0) is 57.2 Å². The minimum absolute atomic E-state index is 0.129. The Balaban J connectivity index is 1.28. The van der Waals surface area contributed by atoms with E-state index in [1.165, 1.54) is 32.1 Å². The van der Waals surface area contributed by atoms with E-state index in [9.17, 15) is 9.59 Å². The molecule has 1 aliphatic heterocycles. The number of carbonyl (C=O) groups is 2. The lowest BCUT2D eigenvalue weighted by Gasteiger charge is -2.32. The summed E-state index contributed by atoms with van der Waals surface area (Å²) >= 11 is 0. The number of likely N-dealkylation sites (N-methyl/N-ethyl adjacent to an activating group) is 1. The summed E-state index contributed by atoms with van der Waals surface area (Å²) in [5.41, 5.74) is 0.767. The van der Waals surface area contributed by atoms with Crippen LogP contribution < -0.4 is 5.32 Å². The largest absolute Gasteiger partial charge is 0.355 e. The maximum atomic E-state index is 12.5. The molecule has 160 valence electrons. The van der Waals surface area contributed by atoms with Gasteiger partial charge in [0.05, 0.1) is 0 Å². The van der Waals surface area contributed by atoms with Gasteiger partial charge in [-0.1, -0.05) is 37.5 Å². The van der Waals surface area contributed by atoms with Crippen molar-refractivity contribution in [2.45, 2.75) is 63.8 Å². The number of piperidine rings is 1. The first-order valence-electron chi connectivity index (χ1n) is 11.4. The Bertz CT molecular complexity index is 635. The van der Waals surface area contributed by atoms with Crippen LogP contribution in [0.15, 0.2) is 30.3 Å². The molecule has 1 aromatic rings. The highest BCUT2D eigenvalue weighted by Crippen LogP contribution is 2.23. The molecule has 0 atom stereocenters. The lowest BCUT2D eigenvalue weighted by molar-refractivity contribution is -0.121. The standard InChI is InChI=1S/C24H37N3O2/c1-26(22-10-6-3-7-11-22)19-16-25-23(28)13-12-20-14-17-27(18-15-20)24(29)21-8-4-2-5-9-21/h2,4-5,8-9,20,22H,3,6-7,10-19H2,1H3,(H,25,28). The quantitative estimate of drug-likeness (QED) is 0.725. The molecule has 5 heteroatoms. The highest BCUT2D eigenvalue weighted by atomic mass is 16.2. The van der Waals surface area contributed by atoms with Crippen molar-refractivity contribution in [3.8, 4) is 0 Å². The average molecular weight is 400 g/mol. The van der Waals surface area contributed by atoms with Crippen molar-refractivity contribution in [1.82, 2.24) is 15.1 Å². The van der Waals surface area contributed by atoms with E-state index in [0.717, 1.165) is 51.0 Å². The molecule has 29 heavy (non-hydrogen) atoms. The molecule has 0 bridgehead atoms. The lowest BCUT2D eigenvalue weighted by atomic mass is 9.91. The zero-order valence-corrected chi connectivity index (χ0v) is 17.9. The molecule has 1 saturated carbocycles. The molecule has 2 fully saturated rings. The molecular weight excluding hydrogens is 362 g/mol. The van der Waals surface area contributed by atoms with Crippen LogP contribution in [0.25, 0.3) is 0 Å². The summed E-state index contributed by atoms with van der Waals surface area (Å²) in [5.74, 6) is 0.846. The van der Waals surface area contributed by atoms with Gasteiger partial charge >= 0.3 is 0 Å². The molecule has 0 spiro atoms. The number of nitrogens with zero attached hydrogens (tertiary/aromatic N) is 2. The maximum Gasteiger partial charge on any atom is 0.253 e. The molecule has 1 N–H and O–H groups in total. The van der Waals surface area contributed by atoms with E-state index in [1.807, 2.05) is 35.2 Å². The zero-order chi connectivity index (χ0) is 20.5. The topological polar surface area (TPSA) is 52.7 Å². The number of hydrogen-bond donors (Lipinski definition) is 1. The van der Waals surface area contributed by atoms with Crippen LogP contribution in [0.5, 0.6) is 0 Å². The molecule has 0 unspecified atom stereocenters. The van der Waals surface area contributed by atoms with Crippen LogP contribution in [0.4, 0.5) is 0 Å². The predicted octanol–water partition coefficient (Wildman–Crippen LogP) is 3.70. The van der Waals surface area contributed by atoms with Gasteiger partial charge in [0.1, 0.15) is 0 Å². The second-order valence-corrected chi connectivity index (χ2v) is 8.76. The second kappa shape index (κ2) is 11.3. The fourth-order valence-corrected chi connectivity index (χ4v) is 4.69. The first-order valence-corrected chi connectivity index (χ1v) is 11.4. The average Bonchev–Trinajstić information content (AvgIpc) is 2.78. The van der Waals surface area contributed by atoms with Crippen molar-refractivity contribution in [3.05, 3.63) is 35.9 Å². The van der Waals surface area contributed by atoms with Gasteiger partial charge in [-0.25, -0.2) is 0 Å². The van der Waals surface area contributed by atoms with Crippen molar-refractivity contribution in [1.29, 1.82) is 0 Å². The van der Waals surface area contributed by atoms with E-state index < -0.39 is 0 Å². The molecule has 1 aromatic carbocycles. The summed E-state index contributed by atoms with van der Waals surface area (Å²) in [7, 11) is 2.19. The number of nitrogens with one attached hydrogen (secondary N) is 1. The maximum absolute atomic E-state index is 12.5. The minimum atomic E-state index is 0.129.